The number of aliphatic hydroxyl groups is 1. The molecule has 8 nitrogen and oxygen atoms in total. The van der Waals surface area contributed by atoms with Crippen molar-refractivity contribution in [1.29, 1.82) is 0 Å². The van der Waals surface area contributed by atoms with Crippen LogP contribution in [0.1, 0.15) is 47.5 Å². The van der Waals surface area contributed by atoms with E-state index < -0.39 is 35.7 Å². The Balaban J connectivity index is 2.54. The zero-order valence-electron chi connectivity index (χ0n) is 15.6. The van der Waals surface area contributed by atoms with E-state index in [1.165, 1.54) is 0 Å². The SMILES string of the molecule is CCOC(=O)C1OC1C(=O)NC(CC(C)C)C(=O)NCCC(C)(C)O. The highest BCUT2D eigenvalue weighted by atomic mass is 16.6. The van der Waals surface area contributed by atoms with Crippen LogP contribution in [-0.4, -0.2) is 59.9 Å². The van der Waals surface area contributed by atoms with Gasteiger partial charge in [-0.05, 0) is 39.5 Å². The predicted molar refractivity (Wildman–Crippen MR) is 90.6 cm³/mol. The number of carbonyl (C=O) groups excluding carboxylic acids is 3. The second-order valence-electron chi connectivity index (χ2n) is 7.27. The second-order valence-corrected chi connectivity index (χ2v) is 7.27. The molecule has 0 saturated carbocycles. The summed E-state index contributed by atoms with van der Waals surface area (Å²) in [6, 6.07) is -0.721. The molecule has 144 valence electrons. The van der Waals surface area contributed by atoms with Crippen LogP contribution < -0.4 is 10.6 Å². The van der Waals surface area contributed by atoms with Crippen LogP contribution in [0.4, 0.5) is 0 Å². The quantitative estimate of drug-likeness (QED) is 0.377. The summed E-state index contributed by atoms with van der Waals surface area (Å²) in [5.74, 6) is -1.20. The molecule has 8 heteroatoms. The van der Waals surface area contributed by atoms with Crippen molar-refractivity contribution in [2.45, 2.75) is 71.3 Å². The highest BCUT2D eigenvalue weighted by Crippen LogP contribution is 2.24. The van der Waals surface area contributed by atoms with Gasteiger partial charge in [0.25, 0.3) is 5.91 Å². The van der Waals surface area contributed by atoms with Crippen molar-refractivity contribution in [3.63, 3.8) is 0 Å². The van der Waals surface area contributed by atoms with Gasteiger partial charge in [0.05, 0.1) is 12.2 Å². The van der Waals surface area contributed by atoms with Crippen LogP contribution in [0.5, 0.6) is 0 Å². The Bertz CT molecular complexity index is 486. The molecular weight excluding hydrogens is 328 g/mol. The monoisotopic (exact) mass is 358 g/mol. The van der Waals surface area contributed by atoms with Gasteiger partial charge in [-0.25, -0.2) is 4.79 Å². The summed E-state index contributed by atoms with van der Waals surface area (Å²) in [5, 5.41) is 15.0. The highest BCUT2D eigenvalue weighted by molar-refractivity contribution is 5.95. The maximum atomic E-state index is 12.3. The molecule has 0 aliphatic carbocycles. The molecule has 2 amide bonds. The maximum Gasteiger partial charge on any atom is 0.338 e. The second kappa shape index (κ2) is 9.15. The lowest BCUT2D eigenvalue weighted by Crippen LogP contribution is -2.49. The first kappa shape index (κ1) is 21.4. The molecular formula is C17H30N2O6. The average molecular weight is 358 g/mol. The molecule has 0 radical (unpaired) electrons. The molecule has 1 saturated heterocycles. The van der Waals surface area contributed by atoms with Crippen molar-refractivity contribution >= 4 is 17.8 Å². The Hall–Kier alpha value is -1.67. The van der Waals surface area contributed by atoms with E-state index in [1.807, 2.05) is 13.8 Å². The third kappa shape index (κ3) is 7.83. The zero-order chi connectivity index (χ0) is 19.2. The van der Waals surface area contributed by atoms with Crippen molar-refractivity contribution in [3.05, 3.63) is 0 Å². The summed E-state index contributed by atoms with van der Waals surface area (Å²) in [5.41, 5.74) is -0.876. The summed E-state index contributed by atoms with van der Waals surface area (Å²) >= 11 is 0. The Morgan fingerprint density at radius 2 is 1.88 bits per heavy atom. The third-order valence-corrected chi connectivity index (χ3v) is 3.65. The van der Waals surface area contributed by atoms with Crippen molar-refractivity contribution in [2.24, 2.45) is 5.92 Å². The number of amides is 2. The topological polar surface area (TPSA) is 117 Å². The lowest BCUT2D eigenvalue weighted by atomic mass is 10.0. The van der Waals surface area contributed by atoms with Gasteiger partial charge in [-0.3, -0.25) is 9.59 Å². The molecule has 1 aliphatic rings. The van der Waals surface area contributed by atoms with Crippen molar-refractivity contribution in [3.8, 4) is 0 Å². The van der Waals surface area contributed by atoms with Crippen LogP contribution in [0, 0.1) is 5.92 Å². The standard InChI is InChI=1S/C17H30N2O6/c1-6-24-16(22)13-12(25-13)15(21)19-11(9-10(2)3)14(20)18-8-7-17(4,5)23/h10-13,23H,6-9H2,1-5H3,(H,18,20)(H,19,21). The summed E-state index contributed by atoms with van der Waals surface area (Å²) in [4.78, 5) is 36.0. The maximum absolute atomic E-state index is 12.3. The summed E-state index contributed by atoms with van der Waals surface area (Å²) < 4.78 is 9.85. The summed E-state index contributed by atoms with van der Waals surface area (Å²) in [6.07, 6.45) is -0.940. The summed E-state index contributed by atoms with van der Waals surface area (Å²) in [6.45, 7) is 9.40. The van der Waals surface area contributed by atoms with E-state index in [4.69, 9.17) is 9.47 Å². The van der Waals surface area contributed by atoms with E-state index >= 15 is 0 Å². The number of epoxide rings is 1. The van der Waals surface area contributed by atoms with Crippen molar-refractivity contribution < 1.29 is 29.0 Å². The van der Waals surface area contributed by atoms with Gasteiger partial charge < -0.3 is 25.2 Å². The van der Waals surface area contributed by atoms with Crippen LogP contribution in [0.25, 0.3) is 0 Å². The molecule has 0 aromatic carbocycles. The minimum atomic E-state index is -0.905. The van der Waals surface area contributed by atoms with Crippen LogP contribution in [0.3, 0.4) is 0 Å². The van der Waals surface area contributed by atoms with Crippen molar-refractivity contribution in [1.82, 2.24) is 10.6 Å². The molecule has 3 atom stereocenters. The fraction of sp³-hybridized carbons (Fsp3) is 0.824. The van der Waals surface area contributed by atoms with Gasteiger partial charge in [-0.1, -0.05) is 13.8 Å². The molecule has 0 aromatic rings. The minimum Gasteiger partial charge on any atom is -0.464 e. The van der Waals surface area contributed by atoms with E-state index in [0.717, 1.165) is 0 Å². The number of hydrogen-bond donors (Lipinski definition) is 3. The smallest absolute Gasteiger partial charge is 0.338 e. The largest absolute Gasteiger partial charge is 0.464 e. The fourth-order valence-corrected chi connectivity index (χ4v) is 2.29. The van der Waals surface area contributed by atoms with E-state index in [1.54, 1.807) is 20.8 Å². The number of nitrogens with one attached hydrogen (secondary N) is 2. The summed E-state index contributed by atoms with van der Waals surface area (Å²) in [7, 11) is 0. The molecule has 1 rings (SSSR count). The fourth-order valence-electron chi connectivity index (χ4n) is 2.29. The van der Waals surface area contributed by atoms with E-state index in [-0.39, 0.29) is 18.4 Å². The van der Waals surface area contributed by atoms with Gasteiger partial charge in [0, 0.05) is 6.54 Å². The van der Waals surface area contributed by atoms with Gasteiger partial charge in [0.1, 0.15) is 6.04 Å². The Kier molecular flexibility index (Phi) is 7.82. The lowest BCUT2D eigenvalue weighted by Gasteiger charge is -2.22. The van der Waals surface area contributed by atoms with Crippen LogP contribution in [-0.2, 0) is 23.9 Å². The zero-order valence-corrected chi connectivity index (χ0v) is 15.6. The first-order valence-electron chi connectivity index (χ1n) is 8.67. The van der Waals surface area contributed by atoms with Crippen LogP contribution >= 0.6 is 0 Å². The first-order valence-corrected chi connectivity index (χ1v) is 8.67. The number of esters is 1. The van der Waals surface area contributed by atoms with Gasteiger partial charge in [-0.15, -0.1) is 0 Å². The average Bonchev–Trinajstić information content (AvgIpc) is 3.25. The molecule has 0 bridgehead atoms. The Labute approximate surface area is 148 Å². The number of ether oxygens (including phenoxy) is 2. The predicted octanol–water partition coefficient (Wildman–Crippen LogP) is 0.125. The van der Waals surface area contributed by atoms with Gasteiger partial charge in [-0.2, -0.15) is 0 Å². The van der Waals surface area contributed by atoms with E-state index in [2.05, 4.69) is 10.6 Å². The number of hydrogen-bond acceptors (Lipinski definition) is 6. The molecule has 0 spiro atoms. The van der Waals surface area contributed by atoms with E-state index in [0.29, 0.717) is 19.4 Å². The molecule has 1 aliphatic heterocycles. The molecule has 1 fully saturated rings. The van der Waals surface area contributed by atoms with Gasteiger partial charge >= 0.3 is 5.97 Å². The molecule has 0 aromatic heterocycles. The molecule has 3 unspecified atom stereocenters. The molecule has 3 N–H and O–H groups in total. The van der Waals surface area contributed by atoms with Crippen LogP contribution in [0.15, 0.2) is 0 Å². The number of carbonyl (C=O) groups is 3. The van der Waals surface area contributed by atoms with Gasteiger partial charge in [0.2, 0.25) is 5.91 Å². The molecule has 1 heterocycles. The van der Waals surface area contributed by atoms with Crippen LogP contribution in [0.2, 0.25) is 0 Å². The third-order valence-electron chi connectivity index (χ3n) is 3.65. The first-order chi connectivity index (χ1) is 11.5. The Morgan fingerprint density at radius 1 is 1.24 bits per heavy atom. The molecule has 25 heavy (non-hydrogen) atoms. The Morgan fingerprint density at radius 3 is 2.40 bits per heavy atom. The van der Waals surface area contributed by atoms with Gasteiger partial charge in [0.15, 0.2) is 12.2 Å². The van der Waals surface area contributed by atoms with E-state index in [9.17, 15) is 19.5 Å². The van der Waals surface area contributed by atoms with Crippen molar-refractivity contribution in [2.75, 3.05) is 13.2 Å². The lowest BCUT2D eigenvalue weighted by molar-refractivity contribution is -0.144. The minimum absolute atomic E-state index is 0.186. The normalized spacial score (nSPS) is 20.8. The number of rotatable bonds is 10. The highest BCUT2D eigenvalue weighted by Gasteiger charge is 2.52.